The topological polar surface area (TPSA) is 24.8 Å². The number of allylic oxidation sites excluding steroid dienone is 1. The highest BCUT2D eigenvalue weighted by Crippen LogP contribution is 2.25. The van der Waals surface area contributed by atoms with Crippen LogP contribution in [0.3, 0.4) is 0 Å². The average molecular weight is 280 g/mol. The predicted molar refractivity (Wildman–Crippen MR) is 85.0 cm³/mol. The Balaban J connectivity index is 1.48. The van der Waals surface area contributed by atoms with E-state index >= 15 is 0 Å². The van der Waals surface area contributed by atoms with Crippen LogP contribution in [0.2, 0.25) is 0 Å². The normalized spacial score (nSPS) is 25.8. The molecule has 2 aliphatic heterocycles. The fraction of sp³-hybridized carbons (Fsp3) is 0.389. The first kappa shape index (κ1) is 13.9. The molecule has 0 amide bonds. The second-order valence-corrected chi connectivity index (χ2v) is 5.60. The van der Waals surface area contributed by atoms with Crippen LogP contribution in [0.4, 0.5) is 0 Å². The molecular formula is C18H20N2O. The summed E-state index contributed by atoms with van der Waals surface area (Å²) >= 11 is 0. The van der Waals surface area contributed by atoms with Crippen LogP contribution in [-0.2, 0) is 4.84 Å². The lowest BCUT2D eigenvalue weighted by Gasteiger charge is -2.12. The van der Waals surface area contributed by atoms with Crippen molar-refractivity contribution >= 4 is 5.71 Å². The highest BCUT2D eigenvalue weighted by Gasteiger charge is 2.35. The number of nitrogens with zero attached hydrogens (tertiary/aromatic N) is 2. The summed E-state index contributed by atoms with van der Waals surface area (Å²) in [4.78, 5) is 7.84. The van der Waals surface area contributed by atoms with Gasteiger partial charge in [-0.2, -0.15) is 0 Å². The van der Waals surface area contributed by atoms with E-state index in [4.69, 9.17) is 4.84 Å². The largest absolute Gasteiger partial charge is 0.392 e. The fourth-order valence-corrected chi connectivity index (χ4v) is 2.74. The van der Waals surface area contributed by atoms with E-state index < -0.39 is 0 Å². The monoisotopic (exact) mass is 280 g/mol. The van der Waals surface area contributed by atoms with E-state index in [2.05, 4.69) is 21.9 Å². The molecule has 2 fully saturated rings. The van der Waals surface area contributed by atoms with E-state index in [9.17, 15) is 0 Å². The van der Waals surface area contributed by atoms with Crippen molar-refractivity contribution in [1.82, 2.24) is 4.90 Å². The van der Waals surface area contributed by atoms with Gasteiger partial charge in [-0.3, -0.25) is 4.90 Å². The lowest BCUT2D eigenvalue weighted by atomic mass is 10.0. The molecule has 108 valence electrons. The molecule has 0 spiro atoms. The van der Waals surface area contributed by atoms with Crippen molar-refractivity contribution in [3.05, 3.63) is 47.5 Å². The number of fused-ring (bicyclic) bond motifs is 2. The van der Waals surface area contributed by atoms with Crippen molar-refractivity contribution in [1.29, 1.82) is 0 Å². The molecular weight excluding hydrogens is 260 g/mol. The van der Waals surface area contributed by atoms with Gasteiger partial charge in [-0.05, 0) is 43.7 Å². The van der Waals surface area contributed by atoms with E-state index in [1.54, 1.807) is 0 Å². The number of piperidine rings is 1. The molecule has 0 N–H and O–H groups in total. The minimum Gasteiger partial charge on any atom is -0.392 e. The second kappa shape index (κ2) is 6.60. The van der Waals surface area contributed by atoms with Crippen molar-refractivity contribution in [3.63, 3.8) is 0 Å². The summed E-state index contributed by atoms with van der Waals surface area (Å²) in [6, 6.07) is 9.99. The van der Waals surface area contributed by atoms with Gasteiger partial charge in [0.2, 0.25) is 0 Å². The first-order valence-electron chi connectivity index (χ1n) is 7.46. The van der Waals surface area contributed by atoms with Gasteiger partial charge in [0.25, 0.3) is 0 Å². The molecule has 3 rings (SSSR count). The molecule has 2 saturated heterocycles. The van der Waals surface area contributed by atoms with Crippen molar-refractivity contribution in [2.75, 3.05) is 26.2 Å². The van der Waals surface area contributed by atoms with Gasteiger partial charge < -0.3 is 4.84 Å². The maximum absolute atomic E-state index is 5.41. The van der Waals surface area contributed by atoms with Crippen LogP contribution < -0.4 is 0 Å². The zero-order valence-electron chi connectivity index (χ0n) is 12.4. The summed E-state index contributed by atoms with van der Waals surface area (Å²) in [6.45, 7) is 5.86. The minimum atomic E-state index is 0.492. The summed E-state index contributed by atoms with van der Waals surface area (Å²) in [7, 11) is 0. The number of oxime groups is 1. The van der Waals surface area contributed by atoms with Gasteiger partial charge in [0.1, 0.15) is 6.61 Å². The Morgan fingerprint density at radius 1 is 1.43 bits per heavy atom. The van der Waals surface area contributed by atoms with Crippen LogP contribution in [0.1, 0.15) is 18.9 Å². The van der Waals surface area contributed by atoms with Gasteiger partial charge in [0.15, 0.2) is 0 Å². The minimum absolute atomic E-state index is 0.492. The summed E-state index contributed by atoms with van der Waals surface area (Å²) in [5, 5.41) is 4.28. The SMILES string of the molecule is C/C(C#Cc1ccccc1)=C\CO/N=C1\CN2CCC1C2. The van der Waals surface area contributed by atoms with E-state index in [0.717, 1.165) is 17.7 Å². The predicted octanol–water partition coefficient (Wildman–Crippen LogP) is 2.69. The molecule has 0 radical (unpaired) electrons. The molecule has 3 heteroatoms. The number of hydrogen-bond acceptors (Lipinski definition) is 3. The Morgan fingerprint density at radius 2 is 2.29 bits per heavy atom. The maximum atomic E-state index is 5.41. The second-order valence-electron chi connectivity index (χ2n) is 5.60. The third kappa shape index (κ3) is 3.74. The van der Waals surface area contributed by atoms with Gasteiger partial charge in [-0.1, -0.05) is 35.2 Å². The zero-order chi connectivity index (χ0) is 14.5. The van der Waals surface area contributed by atoms with Gasteiger partial charge in [-0.25, -0.2) is 0 Å². The van der Waals surface area contributed by atoms with Crippen LogP contribution in [-0.4, -0.2) is 36.9 Å². The molecule has 2 bridgehead atoms. The third-order valence-corrected chi connectivity index (χ3v) is 3.95. The van der Waals surface area contributed by atoms with Crippen LogP contribution in [0, 0.1) is 17.8 Å². The lowest BCUT2D eigenvalue weighted by Crippen LogP contribution is -2.23. The summed E-state index contributed by atoms with van der Waals surface area (Å²) in [5.74, 6) is 6.89. The number of hydrogen-bond donors (Lipinski definition) is 0. The van der Waals surface area contributed by atoms with Crippen molar-refractivity contribution in [2.24, 2.45) is 11.1 Å². The first-order chi connectivity index (χ1) is 10.3. The van der Waals surface area contributed by atoms with E-state index in [1.165, 1.54) is 25.2 Å². The van der Waals surface area contributed by atoms with E-state index in [0.29, 0.717) is 12.5 Å². The van der Waals surface area contributed by atoms with Crippen LogP contribution in [0.15, 0.2) is 47.1 Å². The quantitative estimate of drug-likeness (QED) is 0.483. The molecule has 2 aliphatic rings. The smallest absolute Gasteiger partial charge is 0.136 e. The molecule has 0 saturated carbocycles. The standard InChI is InChI=1S/C18H20N2O/c1-15(7-8-16-5-3-2-4-6-16)10-12-21-19-18-14-20-11-9-17(18)13-20/h2-6,10,17H,9,11-14H2,1H3/b15-10+,19-18+. The van der Waals surface area contributed by atoms with Gasteiger partial charge in [0, 0.05) is 24.6 Å². The maximum Gasteiger partial charge on any atom is 0.136 e. The van der Waals surface area contributed by atoms with Crippen LogP contribution >= 0.6 is 0 Å². The van der Waals surface area contributed by atoms with E-state index in [1.807, 2.05) is 43.3 Å². The third-order valence-electron chi connectivity index (χ3n) is 3.95. The first-order valence-corrected chi connectivity index (χ1v) is 7.46. The van der Waals surface area contributed by atoms with Gasteiger partial charge in [-0.15, -0.1) is 0 Å². The molecule has 1 aromatic rings. The summed E-state index contributed by atoms with van der Waals surface area (Å²) in [5.41, 5.74) is 3.25. The molecule has 2 atom stereocenters. The fourth-order valence-electron chi connectivity index (χ4n) is 2.74. The highest BCUT2D eigenvalue weighted by molar-refractivity contribution is 5.91. The van der Waals surface area contributed by atoms with Crippen molar-refractivity contribution in [3.8, 4) is 11.8 Å². The molecule has 2 unspecified atom stereocenters. The van der Waals surface area contributed by atoms with Crippen LogP contribution in [0.25, 0.3) is 0 Å². The van der Waals surface area contributed by atoms with Gasteiger partial charge >= 0.3 is 0 Å². The van der Waals surface area contributed by atoms with Gasteiger partial charge in [0.05, 0.1) is 5.71 Å². The lowest BCUT2D eigenvalue weighted by molar-refractivity contribution is 0.171. The number of rotatable bonds is 3. The van der Waals surface area contributed by atoms with Crippen molar-refractivity contribution in [2.45, 2.75) is 13.3 Å². The Morgan fingerprint density at radius 3 is 3.00 bits per heavy atom. The molecule has 21 heavy (non-hydrogen) atoms. The molecule has 1 aromatic carbocycles. The van der Waals surface area contributed by atoms with E-state index in [-0.39, 0.29) is 0 Å². The summed E-state index contributed by atoms with van der Waals surface area (Å²) < 4.78 is 0. The average Bonchev–Trinajstić information content (AvgIpc) is 3.13. The Bertz CT molecular complexity index is 607. The Hall–Kier alpha value is -2.05. The number of benzene rings is 1. The molecule has 0 aliphatic carbocycles. The molecule has 0 aromatic heterocycles. The van der Waals surface area contributed by atoms with Crippen LogP contribution in [0.5, 0.6) is 0 Å². The Kier molecular flexibility index (Phi) is 4.37. The summed E-state index contributed by atoms with van der Waals surface area (Å²) in [6.07, 6.45) is 3.22. The zero-order valence-corrected chi connectivity index (χ0v) is 12.4. The molecule has 3 nitrogen and oxygen atoms in total. The highest BCUT2D eigenvalue weighted by atomic mass is 16.6. The molecule has 2 heterocycles. The Labute approximate surface area is 126 Å². The van der Waals surface area contributed by atoms with Crippen molar-refractivity contribution < 1.29 is 4.84 Å².